The van der Waals surface area contributed by atoms with E-state index in [-0.39, 0.29) is 24.8 Å². The van der Waals surface area contributed by atoms with Crippen molar-refractivity contribution in [3.63, 3.8) is 0 Å². The second-order valence-electron chi connectivity index (χ2n) is 6.17. The van der Waals surface area contributed by atoms with Crippen LogP contribution in [0.2, 0.25) is 0 Å². The molecular weight excluding hydrogens is 339 g/mol. The molecule has 0 saturated heterocycles. The fraction of sp³-hybridized carbons (Fsp3) is 0.389. The van der Waals surface area contributed by atoms with Gasteiger partial charge in [0.1, 0.15) is 5.82 Å². The number of H-pyrrole nitrogens is 1. The minimum absolute atomic E-state index is 0.111. The van der Waals surface area contributed by atoms with Crippen LogP contribution in [0.5, 0.6) is 0 Å². The van der Waals surface area contributed by atoms with Gasteiger partial charge in [0.2, 0.25) is 0 Å². The van der Waals surface area contributed by atoms with Crippen molar-refractivity contribution >= 4 is 12.0 Å². The van der Waals surface area contributed by atoms with Gasteiger partial charge in [-0.25, -0.2) is 9.18 Å². The molecule has 0 aliphatic rings. The van der Waals surface area contributed by atoms with E-state index in [1.165, 1.54) is 17.0 Å². The van der Waals surface area contributed by atoms with E-state index in [9.17, 15) is 14.0 Å². The highest BCUT2D eigenvalue weighted by Gasteiger charge is 2.19. The lowest BCUT2D eigenvalue weighted by atomic mass is 10.1. The number of aromatic amines is 1. The minimum atomic E-state index is -0.945. The molecule has 0 fully saturated rings. The number of benzene rings is 1. The lowest BCUT2D eigenvalue weighted by Crippen LogP contribution is -2.43. The molecule has 2 amide bonds. The Balaban J connectivity index is 2.04. The molecule has 0 bridgehead atoms. The summed E-state index contributed by atoms with van der Waals surface area (Å²) in [4.78, 5) is 24.7. The van der Waals surface area contributed by atoms with Gasteiger partial charge in [-0.1, -0.05) is 13.3 Å². The molecule has 8 heteroatoms. The molecule has 1 aromatic carbocycles. The molecule has 1 aromatic heterocycles. The highest BCUT2D eigenvalue weighted by Crippen LogP contribution is 2.22. The molecule has 1 atom stereocenters. The average Bonchev–Trinajstić information content (AvgIpc) is 3.03. The number of carboxylic acid groups (broad SMARTS) is 1. The lowest BCUT2D eigenvalue weighted by Gasteiger charge is -2.22. The summed E-state index contributed by atoms with van der Waals surface area (Å²) in [5.41, 5.74) is 2.25. The molecule has 140 valence electrons. The third-order valence-electron chi connectivity index (χ3n) is 3.99. The molecule has 0 saturated carbocycles. The van der Waals surface area contributed by atoms with Gasteiger partial charge in [0.05, 0.1) is 24.9 Å². The molecule has 0 spiro atoms. The van der Waals surface area contributed by atoms with Crippen molar-refractivity contribution in [1.82, 2.24) is 20.4 Å². The number of urea groups is 1. The Hall–Kier alpha value is -2.90. The second-order valence-corrected chi connectivity index (χ2v) is 6.17. The molecule has 0 radical (unpaired) electrons. The largest absolute Gasteiger partial charge is 0.481 e. The van der Waals surface area contributed by atoms with Gasteiger partial charge in [0, 0.05) is 24.2 Å². The first-order chi connectivity index (χ1) is 12.4. The monoisotopic (exact) mass is 362 g/mol. The quantitative estimate of drug-likeness (QED) is 0.672. The van der Waals surface area contributed by atoms with E-state index in [1.54, 1.807) is 25.4 Å². The summed E-state index contributed by atoms with van der Waals surface area (Å²) in [6.45, 7) is 2.21. The van der Waals surface area contributed by atoms with Crippen molar-refractivity contribution in [3.05, 3.63) is 41.8 Å². The first kappa shape index (κ1) is 19.4. The molecule has 7 nitrogen and oxygen atoms in total. The molecule has 0 unspecified atom stereocenters. The Morgan fingerprint density at radius 2 is 2.04 bits per heavy atom. The number of nitrogens with one attached hydrogen (secondary N) is 2. The number of nitrogens with zero attached hydrogens (tertiary/aromatic N) is 2. The summed E-state index contributed by atoms with van der Waals surface area (Å²) >= 11 is 0. The molecule has 2 rings (SSSR count). The second kappa shape index (κ2) is 8.98. The third-order valence-corrected chi connectivity index (χ3v) is 3.99. The van der Waals surface area contributed by atoms with Gasteiger partial charge >= 0.3 is 12.0 Å². The number of halogens is 1. The van der Waals surface area contributed by atoms with Crippen LogP contribution in [-0.4, -0.2) is 45.3 Å². The number of hydrogen-bond donors (Lipinski definition) is 3. The van der Waals surface area contributed by atoms with Crippen LogP contribution < -0.4 is 5.32 Å². The number of aliphatic carboxylic acids is 1. The van der Waals surface area contributed by atoms with E-state index in [0.717, 1.165) is 17.5 Å². The van der Waals surface area contributed by atoms with Crippen molar-refractivity contribution < 1.29 is 19.1 Å². The van der Waals surface area contributed by atoms with Crippen molar-refractivity contribution in [1.29, 1.82) is 0 Å². The van der Waals surface area contributed by atoms with Gasteiger partial charge < -0.3 is 15.3 Å². The summed E-state index contributed by atoms with van der Waals surface area (Å²) in [6.07, 6.45) is 2.88. The summed E-state index contributed by atoms with van der Waals surface area (Å²) in [5, 5.41) is 18.6. The smallest absolute Gasteiger partial charge is 0.317 e. The van der Waals surface area contributed by atoms with E-state index >= 15 is 0 Å². The van der Waals surface area contributed by atoms with Crippen molar-refractivity contribution in [3.8, 4) is 11.3 Å². The van der Waals surface area contributed by atoms with Gasteiger partial charge in [-0.05, 0) is 30.7 Å². The van der Waals surface area contributed by atoms with Gasteiger partial charge in [0.25, 0.3) is 0 Å². The number of amides is 2. The number of rotatable bonds is 8. The minimum Gasteiger partial charge on any atom is -0.481 e. The van der Waals surface area contributed by atoms with Crippen LogP contribution in [0.3, 0.4) is 0 Å². The number of carbonyl (C=O) groups excluding carboxylic acids is 1. The van der Waals surface area contributed by atoms with Crippen molar-refractivity contribution in [2.24, 2.45) is 0 Å². The SMILES string of the molecule is CCC[C@H](CC(=O)O)NC(=O)N(C)Cc1cn[nH]c1-c1ccc(F)cc1. The number of carbonyl (C=O) groups is 2. The van der Waals surface area contributed by atoms with Crippen LogP contribution in [-0.2, 0) is 11.3 Å². The molecule has 3 N–H and O–H groups in total. The fourth-order valence-corrected chi connectivity index (χ4v) is 2.69. The van der Waals surface area contributed by atoms with Crippen molar-refractivity contribution in [2.45, 2.75) is 38.8 Å². The molecule has 1 heterocycles. The molecule has 0 aliphatic carbocycles. The maximum Gasteiger partial charge on any atom is 0.317 e. The van der Waals surface area contributed by atoms with Crippen LogP contribution in [0.15, 0.2) is 30.5 Å². The normalized spacial score (nSPS) is 11.8. The van der Waals surface area contributed by atoms with Crippen LogP contribution in [0.1, 0.15) is 31.7 Å². The van der Waals surface area contributed by atoms with E-state index in [0.29, 0.717) is 12.1 Å². The molecule has 26 heavy (non-hydrogen) atoms. The Kier molecular flexibility index (Phi) is 6.71. The maximum absolute atomic E-state index is 13.1. The zero-order valence-corrected chi connectivity index (χ0v) is 14.8. The van der Waals surface area contributed by atoms with Crippen LogP contribution in [0, 0.1) is 5.82 Å². The Bertz CT molecular complexity index is 745. The lowest BCUT2D eigenvalue weighted by molar-refractivity contribution is -0.137. The van der Waals surface area contributed by atoms with E-state index in [4.69, 9.17) is 5.11 Å². The highest BCUT2D eigenvalue weighted by molar-refractivity contribution is 5.76. The van der Waals surface area contributed by atoms with Gasteiger partial charge in [-0.15, -0.1) is 0 Å². The molecule has 2 aromatic rings. The zero-order valence-electron chi connectivity index (χ0n) is 14.8. The van der Waals surface area contributed by atoms with Crippen LogP contribution >= 0.6 is 0 Å². The number of aromatic nitrogens is 2. The summed E-state index contributed by atoms with van der Waals surface area (Å²) in [7, 11) is 1.63. The van der Waals surface area contributed by atoms with Gasteiger partial charge in [-0.3, -0.25) is 9.89 Å². The van der Waals surface area contributed by atoms with Gasteiger partial charge in [0.15, 0.2) is 0 Å². The molecule has 0 aliphatic heterocycles. The predicted molar refractivity (Wildman–Crippen MR) is 94.9 cm³/mol. The topological polar surface area (TPSA) is 98.3 Å². The van der Waals surface area contributed by atoms with Crippen molar-refractivity contribution in [2.75, 3.05) is 7.05 Å². The van der Waals surface area contributed by atoms with E-state index in [2.05, 4.69) is 15.5 Å². The Labute approximate surface area is 151 Å². The first-order valence-corrected chi connectivity index (χ1v) is 8.42. The first-order valence-electron chi connectivity index (χ1n) is 8.42. The number of hydrogen-bond acceptors (Lipinski definition) is 3. The standard InChI is InChI=1S/C18H23FN4O3/c1-3-4-15(9-16(24)25)21-18(26)23(2)11-13-10-20-22-17(13)12-5-7-14(19)8-6-12/h5-8,10,15H,3-4,9,11H2,1-2H3,(H,20,22)(H,21,26)(H,24,25)/t15-/m1/s1. The molecular formula is C18H23FN4O3. The summed E-state index contributed by atoms with van der Waals surface area (Å²) in [5.74, 6) is -1.27. The maximum atomic E-state index is 13.1. The average molecular weight is 362 g/mol. The van der Waals surface area contributed by atoms with Crippen LogP contribution in [0.4, 0.5) is 9.18 Å². The highest BCUT2D eigenvalue weighted by atomic mass is 19.1. The zero-order chi connectivity index (χ0) is 19.1. The Morgan fingerprint density at radius 3 is 2.65 bits per heavy atom. The predicted octanol–water partition coefficient (Wildman–Crippen LogP) is 3.00. The van der Waals surface area contributed by atoms with E-state index < -0.39 is 12.0 Å². The fourth-order valence-electron chi connectivity index (χ4n) is 2.69. The third kappa shape index (κ3) is 5.30. The number of carboxylic acids is 1. The summed E-state index contributed by atoms with van der Waals surface area (Å²) in [6, 6.07) is 5.23. The van der Waals surface area contributed by atoms with Crippen LogP contribution in [0.25, 0.3) is 11.3 Å². The van der Waals surface area contributed by atoms with Gasteiger partial charge in [-0.2, -0.15) is 5.10 Å². The Morgan fingerprint density at radius 1 is 1.35 bits per heavy atom. The summed E-state index contributed by atoms with van der Waals surface area (Å²) < 4.78 is 13.1. The van der Waals surface area contributed by atoms with E-state index in [1.807, 2.05) is 6.92 Å².